The van der Waals surface area contributed by atoms with E-state index in [0.29, 0.717) is 17.1 Å². The topological polar surface area (TPSA) is 35.2 Å². The molecule has 0 spiro atoms. The van der Waals surface area contributed by atoms with Crippen molar-refractivity contribution in [2.75, 3.05) is 0 Å². The number of benzene rings is 2. The van der Waals surface area contributed by atoms with Gasteiger partial charge in [-0.25, -0.2) is 4.39 Å². The lowest BCUT2D eigenvalue weighted by molar-refractivity contribution is 0.469. The third-order valence-electron chi connectivity index (χ3n) is 2.50. The van der Waals surface area contributed by atoms with E-state index in [9.17, 15) is 4.39 Å². The fraction of sp³-hybridized carbons (Fsp3) is 0.143. The molecular formula is C14H13FINO. The average molecular weight is 357 g/mol. The van der Waals surface area contributed by atoms with Crippen LogP contribution in [-0.2, 0) is 0 Å². The summed E-state index contributed by atoms with van der Waals surface area (Å²) in [6.45, 7) is 1.80. The normalized spacial score (nSPS) is 12.2. The first kappa shape index (κ1) is 13.3. The van der Waals surface area contributed by atoms with Crippen molar-refractivity contribution in [2.45, 2.75) is 13.0 Å². The maximum absolute atomic E-state index is 13.2. The highest BCUT2D eigenvalue weighted by Crippen LogP contribution is 2.29. The smallest absolute Gasteiger partial charge is 0.132 e. The Morgan fingerprint density at radius 1 is 1.17 bits per heavy atom. The molecule has 0 radical (unpaired) electrons. The molecule has 0 heterocycles. The van der Waals surface area contributed by atoms with Crippen LogP contribution >= 0.6 is 22.6 Å². The van der Waals surface area contributed by atoms with Crippen LogP contribution in [0.15, 0.2) is 42.5 Å². The zero-order chi connectivity index (χ0) is 13.1. The van der Waals surface area contributed by atoms with Gasteiger partial charge >= 0.3 is 0 Å². The molecule has 0 saturated carbocycles. The lowest BCUT2D eigenvalue weighted by Gasteiger charge is -2.13. The average Bonchev–Trinajstić information content (AvgIpc) is 2.34. The van der Waals surface area contributed by atoms with Crippen LogP contribution in [0.25, 0.3) is 0 Å². The third-order valence-corrected chi connectivity index (χ3v) is 3.22. The lowest BCUT2D eigenvalue weighted by atomic mass is 10.1. The van der Waals surface area contributed by atoms with Crippen molar-refractivity contribution in [1.82, 2.24) is 0 Å². The van der Waals surface area contributed by atoms with Gasteiger partial charge in [-0.05, 0) is 72.0 Å². The van der Waals surface area contributed by atoms with Gasteiger partial charge in [0, 0.05) is 15.2 Å². The minimum absolute atomic E-state index is 0.278. The van der Waals surface area contributed by atoms with E-state index in [1.54, 1.807) is 13.0 Å². The maximum atomic E-state index is 13.2. The van der Waals surface area contributed by atoms with Crippen molar-refractivity contribution in [3.63, 3.8) is 0 Å². The van der Waals surface area contributed by atoms with Crippen molar-refractivity contribution >= 4 is 22.6 Å². The van der Waals surface area contributed by atoms with Crippen LogP contribution in [0.4, 0.5) is 4.39 Å². The Balaban J connectivity index is 2.31. The summed E-state index contributed by atoms with van der Waals surface area (Å²) in [5, 5.41) is 0. The number of hydrogen-bond acceptors (Lipinski definition) is 2. The second-order valence-electron chi connectivity index (χ2n) is 4.03. The van der Waals surface area contributed by atoms with E-state index in [2.05, 4.69) is 22.6 Å². The molecule has 0 amide bonds. The van der Waals surface area contributed by atoms with E-state index in [-0.39, 0.29) is 11.9 Å². The van der Waals surface area contributed by atoms with Crippen molar-refractivity contribution in [2.24, 2.45) is 5.73 Å². The Kier molecular flexibility index (Phi) is 4.19. The fourth-order valence-corrected chi connectivity index (χ4v) is 1.96. The first-order valence-corrected chi connectivity index (χ1v) is 6.62. The molecule has 0 bridgehead atoms. The SMILES string of the molecule is C[C@@H](N)c1cc(F)ccc1Oc1ccc(I)cc1. The molecule has 4 heteroatoms. The summed E-state index contributed by atoms with van der Waals surface area (Å²) in [4.78, 5) is 0. The molecule has 0 fully saturated rings. The molecule has 2 aromatic rings. The molecule has 2 N–H and O–H groups in total. The highest BCUT2D eigenvalue weighted by atomic mass is 127. The van der Waals surface area contributed by atoms with Gasteiger partial charge in [-0.2, -0.15) is 0 Å². The predicted molar refractivity (Wildman–Crippen MR) is 78.2 cm³/mol. The number of ether oxygens (including phenoxy) is 1. The number of hydrogen-bond donors (Lipinski definition) is 1. The van der Waals surface area contributed by atoms with Gasteiger partial charge in [-0.15, -0.1) is 0 Å². The first-order chi connectivity index (χ1) is 8.56. The Hall–Kier alpha value is -1.14. The largest absolute Gasteiger partial charge is 0.457 e. The summed E-state index contributed by atoms with van der Waals surface area (Å²) >= 11 is 2.22. The van der Waals surface area contributed by atoms with E-state index >= 15 is 0 Å². The Bertz CT molecular complexity index is 540. The van der Waals surface area contributed by atoms with Crippen LogP contribution in [-0.4, -0.2) is 0 Å². The summed E-state index contributed by atoms with van der Waals surface area (Å²) in [5.74, 6) is 0.994. The minimum atomic E-state index is -0.308. The molecule has 0 aliphatic rings. The van der Waals surface area contributed by atoms with Crippen molar-refractivity contribution < 1.29 is 9.13 Å². The predicted octanol–water partition coefficient (Wildman–Crippen LogP) is 4.24. The van der Waals surface area contributed by atoms with Crippen LogP contribution in [0.2, 0.25) is 0 Å². The van der Waals surface area contributed by atoms with Gasteiger partial charge in [-0.1, -0.05) is 0 Å². The summed E-state index contributed by atoms with van der Waals surface area (Å²) in [6.07, 6.45) is 0. The second-order valence-corrected chi connectivity index (χ2v) is 5.27. The third kappa shape index (κ3) is 3.20. The Labute approximate surface area is 119 Å². The van der Waals surface area contributed by atoms with Crippen molar-refractivity contribution in [1.29, 1.82) is 0 Å². The zero-order valence-corrected chi connectivity index (χ0v) is 12.0. The van der Waals surface area contributed by atoms with Gasteiger partial charge in [0.2, 0.25) is 0 Å². The molecule has 1 atom stereocenters. The van der Waals surface area contributed by atoms with Gasteiger partial charge in [0.05, 0.1) is 0 Å². The van der Waals surface area contributed by atoms with E-state index < -0.39 is 0 Å². The number of nitrogens with two attached hydrogens (primary N) is 1. The molecule has 2 rings (SSSR count). The van der Waals surface area contributed by atoms with E-state index in [4.69, 9.17) is 10.5 Å². The maximum Gasteiger partial charge on any atom is 0.132 e. The second kappa shape index (κ2) is 5.67. The van der Waals surface area contributed by atoms with E-state index in [1.165, 1.54) is 12.1 Å². The summed E-state index contributed by atoms with van der Waals surface area (Å²) in [5.41, 5.74) is 6.47. The van der Waals surface area contributed by atoms with Gasteiger partial charge < -0.3 is 10.5 Å². The van der Waals surface area contributed by atoms with Crippen molar-refractivity contribution in [3.05, 3.63) is 57.4 Å². The highest BCUT2D eigenvalue weighted by Gasteiger charge is 2.10. The molecule has 2 aromatic carbocycles. The Morgan fingerprint density at radius 2 is 1.83 bits per heavy atom. The molecule has 18 heavy (non-hydrogen) atoms. The van der Waals surface area contributed by atoms with E-state index in [0.717, 1.165) is 3.57 Å². The van der Waals surface area contributed by atoms with E-state index in [1.807, 2.05) is 24.3 Å². The van der Waals surface area contributed by atoms with Crippen LogP contribution in [0.3, 0.4) is 0 Å². The molecule has 0 aliphatic heterocycles. The molecule has 0 aliphatic carbocycles. The van der Waals surface area contributed by atoms with Crippen LogP contribution in [0.5, 0.6) is 11.5 Å². The van der Waals surface area contributed by atoms with Crippen LogP contribution in [0.1, 0.15) is 18.5 Å². The minimum Gasteiger partial charge on any atom is -0.457 e. The summed E-state index contributed by atoms with van der Waals surface area (Å²) in [6, 6.07) is 11.7. The quantitative estimate of drug-likeness (QED) is 0.834. The first-order valence-electron chi connectivity index (χ1n) is 5.54. The molecule has 2 nitrogen and oxygen atoms in total. The molecular weight excluding hydrogens is 344 g/mol. The van der Waals surface area contributed by atoms with Gasteiger partial charge in [-0.3, -0.25) is 0 Å². The monoisotopic (exact) mass is 357 g/mol. The van der Waals surface area contributed by atoms with Gasteiger partial charge in [0.25, 0.3) is 0 Å². The molecule has 94 valence electrons. The standard InChI is InChI=1S/C14H13FINO/c1-9(17)13-8-10(15)2-7-14(13)18-12-5-3-11(16)4-6-12/h2-9H,17H2,1H3/t9-/m1/s1. The van der Waals surface area contributed by atoms with Gasteiger partial charge in [0.15, 0.2) is 0 Å². The number of halogens is 2. The summed E-state index contributed by atoms with van der Waals surface area (Å²) < 4.78 is 20.0. The zero-order valence-electron chi connectivity index (χ0n) is 9.86. The van der Waals surface area contributed by atoms with Gasteiger partial charge in [0.1, 0.15) is 17.3 Å². The van der Waals surface area contributed by atoms with Crippen LogP contribution in [0, 0.1) is 9.39 Å². The fourth-order valence-electron chi connectivity index (χ4n) is 1.60. The highest BCUT2D eigenvalue weighted by molar-refractivity contribution is 14.1. The number of rotatable bonds is 3. The lowest BCUT2D eigenvalue weighted by Crippen LogP contribution is -2.07. The summed E-state index contributed by atoms with van der Waals surface area (Å²) in [7, 11) is 0. The van der Waals surface area contributed by atoms with Crippen LogP contribution < -0.4 is 10.5 Å². The van der Waals surface area contributed by atoms with Crippen molar-refractivity contribution in [3.8, 4) is 11.5 Å². The Morgan fingerprint density at radius 3 is 2.44 bits per heavy atom. The molecule has 0 unspecified atom stereocenters. The molecule has 0 saturated heterocycles. The molecule has 0 aromatic heterocycles.